The van der Waals surface area contributed by atoms with Crippen LogP contribution in [-0.2, 0) is 16.9 Å². The summed E-state index contributed by atoms with van der Waals surface area (Å²) in [5.41, 5.74) is 7.20. The molecule has 4 N–H and O–H groups in total. The highest BCUT2D eigenvalue weighted by Crippen LogP contribution is 2.31. The third-order valence-electron chi connectivity index (χ3n) is 5.99. The first kappa shape index (κ1) is 21.3. The maximum absolute atomic E-state index is 13.4. The van der Waals surface area contributed by atoms with E-state index in [2.05, 4.69) is 25.6 Å². The minimum absolute atomic E-state index is 0.00886. The summed E-state index contributed by atoms with van der Waals surface area (Å²) in [4.78, 5) is 40.0. The highest BCUT2D eigenvalue weighted by molar-refractivity contribution is 6.07. The molecule has 1 saturated heterocycles. The van der Waals surface area contributed by atoms with Crippen LogP contribution in [0.1, 0.15) is 23.9 Å². The third-order valence-corrected chi connectivity index (χ3v) is 5.99. The Hall–Kier alpha value is -4.53. The van der Waals surface area contributed by atoms with Crippen LogP contribution in [0.3, 0.4) is 0 Å². The molecule has 34 heavy (non-hydrogen) atoms. The number of para-hydroxylation sites is 1. The first-order valence-electron chi connectivity index (χ1n) is 10.8. The quantitative estimate of drug-likeness (QED) is 0.394. The van der Waals surface area contributed by atoms with Gasteiger partial charge >= 0.3 is 6.03 Å². The maximum atomic E-state index is 13.4. The number of urea groups is 1. The Morgan fingerprint density at radius 2 is 1.71 bits per heavy atom. The molecule has 0 bridgehead atoms. The topological polar surface area (TPSA) is 126 Å². The summed E-state index contributed by atoms with van der Waals surface area (Å²) in [5, 5.41) is 7.98. The van der Waals surface area contributed by atoms with E-state index in [9.17, 15) is 9.59 Å². The fourth-order valence-corrected chi connectivity index (χ4v) is 4.08. The predicted molar refractivity (Wildman–Crippen MR) is 129 cm³/mol. The number of nitrogens with zero attached hydrogens (tertiary/aromatic N) is 4. The van der Waals surface area contributed by atoms with E-state index >= 15 is 0 Å². The number of rotatable bonds is 5. The van der Waals surface area contributed by atoms with Crippen LogP contribution in [0.5, 0.6) is 0 Å². The van der Waals surface area contributed by atoms with E-state index in [1.807, 2.05) is 73.7 Å². The Bertz CT molecular complexity index is 1440. The summed E-state index contributed by atoms with van der Waals surface area (Å²) in [6.07, 6.45) is 0. The monoisotopic (exact) mass is 453 g/mol. The second-order valence-corrected chi connectivity index (χ2v) is 8.38. The van der Waals surface area contributed by atoms with Crippen molar-refractivity contribution in [2.75, 3.05) is 11.1 Å². The van der Waals surface area contributed by atoms with Crippen molar-refractivity contribution in [1.82, 2.24) is 25.2 Å². The van der Waals surface area contributed by atoms with Gasteiger partial charge in [0.05, 0.1) is 6.54 Å². The van der Waals surface area contributed by atoms with Crippen molar-refractivity contribution in [3.8, 4) is 0 Å². The number of carbonyl (C=O) groups excluding carboxylic acids is 2. The van der Waals surface area contributed by atoms with E-state index < -0.39 is 11.6 Å². The largest absolute Gasteiger partial charge is 0.368 e. The summed E-state index contributed by atoms with van der Waals surface area (Å²) in [6, 6.07) is 20.7. The van der Waals surface area contributed by atoms with Crippen LogP contribution in [0.15, 0.2) is 66.7 Å². The smallest absolute Gasteiger partial charge is 0.325 e. The molecule has 3 aromatic carbocycles. The molecule has 2 heterocycles. The van der Waals surface area contributed by atoms with Gasteiger partial charge in [-0.2, -0.15) is 15.0 Å². The van der Waals surface area contributed by atoms with Crippen molar-refractivity contribution in [2.24, 2.45) is 0 Å². The van der Waals surface area contributed by atoms with Gasteiger partial charge in [-0.1, -0.05) is 54.6 Å². The van der Waals surface area contributed by atoms with Gasteiger partial charge in [-0.15, -0.1) is 0 Å². The van der Waals surface area contributed by atoms with Crippen molar-refractivity contribution in [3.05, 3.63) is 83.7 Å². The zero-order valence-electron chi connectivity index (χ0n) is 18.7. The fourth-order valence-electron chi connectivity index (χ4n) is 4.08. The second kappa shape index (κ2) is 8.11. The summed E-state index contributed by atoms with van der Waals surface area (Å²) in [7, 11) is 0. The number of hydrogen-bond donors (Lipinski definition) is 3. The third kappa shape index (κ3) is 3.77. The molecule has 0 radical (unpaired) electrons. The standard InChI is InChI=1S/C25H23N7O2/c1-15-7-3-6-10-19(15)27-23-29-20(28-22(26)30-23)14-32-21(33)25(2,31-24(32)34)18-12-11-16-8-4-5-9-17(16)13-18/h3-13H,14H2,1-2H3,(H,31,34)(H3,26,27,28,29,30)/t25-/m1/s1. The molecule has 1 aromatic heterocycles. The molecule has 9 heteroatoms. The lowest BCUT2D eigenvalue weighted by Crippen LogP contribution is -2.40. The van der Waals surface area contributed by atoms with Crippen LogP contribution >= 0.6 is 0 Å². The Morgan fingerprint density at radius 3 is 2.50 bits per heavy atom. The first-order chi connectivity index (χ1) is 16.3. The molecule has 0 aliphatic carbocycles. The number of amides is 3. The van der Waals surface area contributed by atoms with Crippen LogP contribution in [0.4, 0.5) is 22.4 Å². The summed E-state index contributed by atoms with van der Waals surface area (Å²) < 4.78 is 0. The maximum Gasteiger partial charge on any atom is 0.325 e. The van der Waals surface area contributed by atoms with Gasteiger partial charge in [-0.05, 0) is 47.9 Å². The summed E-state index contributed by atoms with van der Waals surface area (Å²) >= 11 is 0. The molecular weight excluding hydrogens is 430 g/mol. The number of benzene rings is 3. The molecule has 9 nitrogen and oxygen atoms in total. The molecule has 3 amide bonds. The summed E-state index contributed by atoms with van der Waals surface area (Å²) in [6.45, 7) is 3.52. The molecule has 1 aliphatic heterocycles. The number of imide groups is 1. The van der Waals surface area contributed by atoms with Gasteiger partial charge in [0.15, 0.2) is 5.82 Å². The van der Waals surface area contributed by atoms with E-state index in [0.29, 0.717) is 5.56 Å². The zero-order valence-corrected chi connectivity index (χ0v) is 18.7. The second-order valence-electron chi connectivity index (χ2n) is 8.38. The molecule has 1 aliphatic rings. The van der Waals surface area contributed by atoms with E-state index in [-0.39, 0.29) is 30.2 Å². The van der Waals surface area contributed by atoms with Crippen LogP contribution in [0.25, 0.3) is 10.8 Å². The van der Waals surface area contributed by atoms with Crippen LogP contribution in [0.2, 0.25) is 0 Å². The molecule has 1 fully saturated rings. The van der Waals surface area contributed by atoms with E-state index in [4.69, 9.17) is 5.73 Å². The highest BCUT2D eigenvalue weighted by atomic mass is 16.2. The SMILES string of the molecule is Cc1ccccc1Nc1nc(N)nc(CN2C(=O)N[C@](C)(c3ccc4ccccc4c3)C2=O)n1. The minimum atomic E-state index is -1.21. The van der Waals surface area contributed by atoms with Crippen LogP contribution < -0.4 is 16.4 Å². The number of hydrogen-bond acceptors (Lipinski definition) is 7. The fraction of sp³-hybridized carbons (Fsp3) is 0.160. The Labute approximate surface area is 196 Å². The minimum Gasteiger partial charge on any atom is -0.368 e. The Morgan fingerprint density at radius 1 is 0.971 bits per heavy atom. The van der Waals surface area contributed by atoms with Crippen LogP contribution in [0, 0.1) is 6.92 Å². The average molecular weight is 454 g/mol. The molecule has 0 unspecified atom stereocenters. The molecule has 170 valence electrons. The lowest BCUT2D eigenvalue weighted by Gasteiger charge is -2.22. The number of nitrogen functional groups attached to an aromatic ring is 1. The van der Waals surface area contributed by atoms with Gasteiger partial charge in [0.2, 0.25) is 11.9 Å². The van der Waals surface area contributed by atoms with E-state index in [1.165, 1.54) is 0 Å². The van der Waals surface area contributed by atoms with E-state index in [1.54, 1.807) is 6.92 Å². The van der Waals surface area contributed by atoms with Gasteiger partial charge in [-0.3, -0.25) is 9.69 Å². The predicted octanol–water partition coefficient (Wildman–Crippen LogP) is 3.63. The number of nitrogens with two attached hydrogens (primary N) is 1. The van der Waals surface area contributed by atoms with Crippen molar-refractivity contribution >= 4 is 40.3 Å². The first-order valence-corrected chi connectivity index (χ1v) is 10.8. The van der Waals surface area contributed by atoms with Crippen molar-refractivity contribution in [1.29, 1.82) is 0 Å². The Kier molecular flexibility index (Phi) is 5.09. The number of nitrogens with one attached hydrogen (secondary N) is 2. The number of aryl methyl sites for hydroxylation is 1. The molecular formula is C25H23N7O2. The lowest BCUT2D eigenvalue weighted by molar-refractivity contribution is -0.131. The van der Waals surface area contributed by atoms with Gasteiger partial charge in [0, 0.05) is 5.69 Å². The van der Waals surface area contributed by atoms with Crippen molar-refractivity contribution < 1.29 is 9.59 Å². The summed E-state index contributed by atoms with van der Waals surface area (Å²) in [5.74, 6) is 0.0431. The van der Waals surface area contributed by atoms with Crippen LogP contribution in [-0.4, -0.2) is 31.8 Å². The average Bonchev–Trinajstić information content (AvgIpc) is 3.04. The van der Waals surface area contributed by atoms with Gasteiger partial charge in [-0.25, -0.2) is 4.79 Å². The highest BCUT2D eigenvalue weighted by Gasteiger charge is 2.49. The number of carbonyl (C=O) groups is 2. The van der Waals surface area contributed by atoms with Gasteiger partial charge in [0.25, 0.3) is 5.91 Å². The molecule has 5 rings (SSSR count). The Balaban J connectivity index is 1.41. The molecule has 4 aromatic rings. The van der Waals surface area contributed by atoms with Crippen molar-refractivity contribution in [3.63, 3.8) is 0 Å². The van der Waals surface area contributed by atoms with Crippen molar-refractivity contribution in [2.45, 2.75) is 25.9 Å². The molecule has 1 atom stereocenters. The van der Waals surface area contributed by atoms with E-state index in [0.717, 1.165) is 26.9 Å². The molecule has 0 saturated carbocycles. The number of anilines is 3. The number of aromatic nitrogens is 3. The lowest BCUT2D eigenvalue weighted by atomic mass is 9.90. The van der Waals surface area contributed by atoms with Gasteiger partial charge < -0.3 is 16.4 Å². The number of fused-ring (bicyclic) bond motifs is 1. The molecule has 0 spiro atoms. The normalized spacial score (nSPS) is 17.8. The van der Waals surface area contributed by atoms with Gasteiger partial charge in [0.1, 0.15) is 5.54 Å². The zero-order chi connectivity index (χ0) is 23.9.